The highest BCUT2D eigenvalue weighted by molar-refractivity contribution is 5.25. The van der Waals surface area contributed by atoms with Gasteiger partial charge in [-0.3, -0.25) is 4.98 Å². The van der Waals surface area contributed by atoms with Gasteiger partial charge in [-0.2, -0.15) is 0 Å². The van der Waals surface area contributed by atoms with Crippen LogP contribution in [0.25, 0.3) is 0 Å². The van der Waals surface area contributed by atoms with E-state index in [1.807, 2.05) is 44.3 Å². The van der Waals surface area contributed by atoms with Crippen molar-refractivity contribution in [2.45, 2.75) is 33.4 Å². The molecule has 0 aliphatic heterocycles. The molecule has 1 heterocycles. The lowest BCUT2D eigenvalue weighted by Crippen LogP contribution is -2.19. The summed E-state index contributed by atoms with van der Waals surface area (Å²) in [5.74, 6) is -0.153. The van der Waals surface area contributed by atoms with E-state index in [9.17, 15) is 4.39 Å². The van der Waals surface area contributed by atoms with Crippen LogP contribution >= 0.6 is 0 Å². The summed E-state index contributed by atoms with van der Waals surface area (Å²) in [7, 11) is 0. The molecule has 1 aromatic carbocycles. The smallest absolute Gasteiger partial charge is 0.126 e. The summed E-state index contributed by atoms with van der Waals surface area (Å²) in [6.07, 6.45) is 1.85. The average molecular weight is 258 g/mol. The van der Waals surface area contributed by atoms with Crippen molar-refractivity contribution in [3.05, 3.63) is 64.7 Å². The molecule has 0 aliphatic rings. The van der Waals surface area contributed by atoms with Crippen molar-refractivity contribution >= 4 is 0 Å². The van der Waals surface area contributed by atoms with Crippen molar-refractivity contribution in [1.29, 1.82) is 0 Å². The minimum atomic E-state index is -0.153. The zero-order chi connectivity index (χ0) is 13.8. The molecule has 2 aromatic rings. The maximum absolute atomic E-state index is 13.5. The van der Waals surface area contributed by atoms with Crippen LogP contribution in [0.1, 0.15) is 35.3 Å². The van der Waals surface area contributed by atoms with E-state index in [2.05, 4.69) is 10.3 Å². The van der Waals surface area contributed by atoms with Crippen molar-refractivity contribution in [2.24, 2.45) is 0 Å². The Hall–Kier alpha value is -1.74. The van der Waals surface area contributed by atoms with Crippen LogP contribution in [-0.2, 0) is 6.54 Å². The summed E-state index contributed by atoms with van der Waals surface area (Å²) in [4.78, 5) is 4.34. The second-order valence-corrected chi connectivity index (χ2v) is 4.94. The minimum Gasteiger partial charge on any atom is -0.305 e. The molecule has 2 rings (SSSR count). The van der Waals surface area contributed by atoms with E-state index in [1.54, 1.807) is 13.0 Å². The Morgan fingerprint density at radius 2 is 2.00 bits per heavy atom. The highest BCUT2D eigenvalue weighted by Gasteiger charge is 2.07. The number of aryl methyl sites for hydroxylation is 2. The Balaban J connectivity index is 1.98. The average Bonchev–Trinajstić information content (AvgIpc) is 2.41. The quantitative estimate of drug-likeness (QED) is 0.904. The van der Waals surface area contributed by atoms with Gasteiger partial charge in [0.15, 0.2) is 0 Å². The highest BCUT2D eigenvalue weighted by atomic mass is 19.1. The Kier molecular flexibility index (Phi) is 4.27. The Morgan fingerprint density at radius 1 is 1.21 bits per heavy atom. The van der Waals surface area contributed by atoms with Crippen LogP contribution in [-0.4, -0.2) is 4.98 Å². The lowest BCUT2D eigenvalue weighted by Gasteiger charge is -2.14. The Morgan fingerprint density at radius 3 is 2.63 bits per heavy atom. The van der Waals surface area contributed by atoms with E-state index in [-0.39, 0.29) is 11.9 Å². The van der Waals surface area contributed by atoms with E-state index in [4.69, 9.17) is 0 Å². The van der Waals surface area contributed by atoms with Gasteiger partial charge in [0.25, 0.3) is 0 Å². The van der Waals surface area contributed by atoms with Crippen molar-refractivity contribution in [3.63, 3.8) is 0 Å². The number of hydrogen-bond donors (Lipinski definition) is 1. The first kappa shape index (κ1) is 13.7. The summed E-state index contributed by atoms with van der Waals surface area (Å²) < 4.78 is 13.5. The van der Waals surface area contributed by atoms with Crippen molar-refractivity contribution in [3.8, 4) is 0 Å². The standard InChI is InChI=1S/C16H19FN2/c1-11-4-7-15(19-9-11)10-18-13(3)14-6-5-12(2)16(17)8-14/h4-9,13,18H,10H2,1-3H3. The third kappa shape index (κ3) is 3.61. The zero-order valence-corrected chi connectivity index (χ0v) is 11.6. The molecule has 0 fully saturated rings. The second-order valence-electron chi connectivity index (χ2n) is 4.94. The van der Waals surface area contributed by atoms with Gasteiger partial charge in [0, 0.05) is 18.8 Å². The third-order valence-corrected chi connectivity index (χ3v) is 3.26. The van der Waals surface area contributed by atoms with Gasteiger partial charge in [-0.15, -0.1) is 0 Å². The third-order valence-electron chi connectivity index (χ3n) is 3.26. The van der Waals surface area contributed by atoms with E-state index in [0.717, 1.165) is 16.8 Å². The molecular formula is C16H19FN2. The van der Waals surface area contributed by atoms with E-state index < -0.39 is 0 Å². The van der Waals surface area contributed by atoms with Gasteiger partial charge in [0.05, 0.1) is 5.69 Å². The fourth-order valence-electron chi connectivity index (χ4n) is 1.86. The van der Waals surface area contributed by atoms with Crippen molar-refractivity contribution in [1.82, 2.24) is 10.3 Å². The molecule has 0 aliphatic carbocycles. The molecule has 0 saturated carbocycles. The van der Waals surface area contributed by atoms with Gasteiger partial charge in [0.1, 0.15) is 5.82 Å². The van der Waals surface area contributed by atoms with Crippen LogP contribution in [0.3, 0.4) is 0 Å². The Bertz CT molecular complexity index is 549. The number of pyridine rings is 1. The van der Waals surface area contributed by atoms with E-state index >= 15 is 0 Å². The number of benzene rings is 1. The fraction of sp³-hybridized carbons (Fsp3) is 0.312. The predicted octanol–water partition coefficient (Wildman–Crippen LogP) is 3.69. The molecule has 1 atom stereocenters. The van der Waals surface area contributed by atoms with Gasteiger partial charge < -0.3 is 5.32 Å². The molecule has 0 amide bonds. The molecule has 2 nitrogen and oxygen atoms in total. The predicted molar refractivity (Wildman–Crippen MR) is 75.4 cm³/mol. The van der Waals surface area contributed by atoms with Crippen LogP contribution in [0.4, 0.5) is 4.39 Å². The molecule has 19 heavy (non-hydrogen) atoms. The van der Waals surface area contributed by atoms with Crippen LogP contribution in [0.2, 0.25) is 0 Å². The molecule has 0 bridgehead atoms. The first-order chi connectivity index (χ1) is 9.06. The van der Waals surface area contributed by atoms with Gasteiger partial charge in [-0.25, -0.2) is 4.39 Å². The lowest BCUT2D eigenvalue weighted by molar-refractivity contribution is 0.557. The maximum atomic E-state index is 13.5. The summed E-state index contributed by atoms with van der Waals surface area (Å²) in [6, 6.07) is 9.50. The largest absolute Gasteiger partial charge is 0.305 e. The summed E-state index contributed by atoms with van der Waals surface area (Å²) in [5.41, 5.74) is 3.77. The zero-order valence-electron chi connectivity index (χ0n) is 11.6. The molecule has 0 saturated heterocycles. The molecule has 0 radical (unpaired) electrons. The van der Waals surface area contributed by atoms with Crippen molar-refractivity contribution in [2.75, 3.05) is 0 Å². The van der Waals surface area contributed by atoms with Gasteiger partial charge >= 0.3 is 0 Å². The number of halogens is 1. The first-order valence-electron chi connectivity index (χ1n) is 6.47. The molecule has 1 unspecified atom stereocenters. The number of rotatable bonds is 4. The van der Waals surface area contributed by atoms with Crippen LogP contribution < -0.4 is 5.32 Å². The maximum Gasteiger partial charge on any atom is 0.126 e. The van der Waals surface area contributed by atoms with Gasteiger partial charge in [0.2, 0.25) is 0 Å². The minimum absolute atomic E-state index is 0.0956. The number of aromatic nitrogens is 1. The topological polar surface area (TPSA) is 24.9 Å². The normalized spacial score (nSPS) is 12.4. The number of nitrogens with zero attached hydrogens (tertiary/aromatic N) is 1. The number of hydrogen-bond acceptors (Lipinski definition) is 2. The lowest BCUT2D eigenvalue weighted by atomic mass is 10.1. The Labute approximate surface area is 113 Å². The summed E-state index contributed by atoms with van der Waals surface area (Å²) in [5, 5.41) is 3.35. The van der Waals surface area contributed by atoms with Crippen molar-refractivity contribution < 1.29 is 4.39 Å². The summed E-state index contributed by atoms with van der Waals surface area (Å²) >= 11 is 0. The molecular weight excluding hydrogens is 239 g/mol. The monoisotopic (exact) mass is 258 g/mol. The van der Waals surface area contributed by atoms with E-state index in [1.165, 1.54) is 0 Å². The van der Waals surface area contributed by atoms with Crippen LogP contribution in [0, 0.1) is 19.7 Å². The first-order valence-corrected chi connectivity index (χ1v) is 6.47. The van der Waals surface area contributed by atoms with E-state index in [0.29, 0.717) is 12.1 Å². The summed E-state index contributed by atoms with van der Waals surface area (Å²) in [6.45, 7) is 6.49. The fourth-order valence-corrected chi connectivity index (χ4v) is 1.86. The molecule has 1 aromatic heterocycles. The van der Waals surface area contributed by atoms with Crippen LogP contribution in [0.15, 0.2) is 36.5 Å². The molecule has 100 valence electrons. The van der Waals surface area contributed by atoms with Gasteiger partial charge in [-0.1, -0.05) is 18.2 Å². The number of nitrogens with one attached hydrogen (secondary N) is 1. The van der Waals surface area contributed by atoms with Crippen LogP contribution in [0.5, 0.6) is 0 Å². The molecule has 1 N–H and O–H groups in total. The van der Waals surface area contributed by atoms with Gasteiger partial charge in [-0.05, 0) is 49.6 Å². The SMILES string of the molecule is Cc1ccc(CNC(C)c2ccc(C)c(F)c2)nc1. The molecule has 3 heteroatoms. The molecule has 0 spiro atoms. The second kappa shape index (κ2) is 5.93. The highest BCUT2D eigenvalue weighted by Crippen LogP contribution is 2.16.